The van der Waals surface area contributed by atoms with Gasteiger partial charge in [0.2, 0.25) is 5.91 Å². The Kier molecular flexibility index (Phi) is 13.0. The van der Waals surface area contributed by atoms with Crippen molar-refractivity contribution in [2.75, 3.05) is 39.3 Å². The van der Waals surface area contributed by atoms with Gasteiger partial charge in [-0.15, -0.1) is 0 Å². The number of hydrogen-bond acceptors (Lipinski definition) is 10. The number of nitriles is 1. The number of non-ortho nitro benzene ring substituents is 1. The van der Waals surface area contributed by atoms with Crippen molar-refractivity contribution < 1.29 is 14.1 Å². The van der Waals surface area contributed by atoms with Gasteiger partial charge in [0.1, 0.15) is 5.82 Å². The summed E-state index contributed by atoms with van der Waals surface area (Å²) in [6.45, 7) is 5.43. The van der Waals surface area contributed by atoms with E-state index in [-0.39, 0.29) is 24.6 Å². The van der Waals surface area contributed by atoms with Crippen LogP contribution in [0.15, 0.2) is 84.9 Å². The largest absolute Gasteiger partial charge is 0.369 e. The van der Waals surface area contributed by atoms with Crippen LogP contribution < -0.4 is 5.73 Å². The van der Waals surface area contributed by atoms with Gasteiger partial charge >= 0.3 is 0 Å². The second kappa shape index (κ2) is 18.0. The first-order valence-electron chi connectivity index (χ1n) is 16.6. The lowest BCUT2D eigenvalue weighted by molar-refractivity contribution is -0.384. The number of nitro groups is 1. The highest BCUT2D eigenvalue weighted by Gasteiger charge is 2.18. The maximum atomic E-state index is 14.2. The highest BCUT2D eigenvalue weighted by Crippen LogP contribution is 2.18. The van der Waals surface area contributed by atoms with E-state index in [1.165, 1.54) is 18.2 Å². The number of aromatic nitrogens is 2. The van der Waals surface area contributed by atoms with Gasteiger partial charge in [-0.1, -0.05) is 36.4 Å². The van der Waals surface area contributed by atoms with Crippen LogP contribution in [0.25, 0.3) is 0 Å². The average molecular weight is 680 g/mol. The van der Waals surface area contributed by atoms with Crippen molar-refractivity contribution >= 4 is 11.6 Å². The van der Waals surface area contributed by atoms with Crippen LogP contribution in [0, 0.1) is 27.3 Å². The van der Waals surface area contributed by atoms with Gasteiger partial charge in [0.05, 0.1) is 46.9 Å². The van der Waals surface area contributed by atoms with Crippen molar-refractivity contribution in [3.63, 3.8) is 0 Å². The molecule has 0 aliphatic carbocycles. The molecule has 1 amide bonds. The van der Waals surface area contributed by atoms with Crippen LogP contribution in [-0.2, 0) is 44.1 Å². The predicted octanol–water partition coefficient (Wildman–Crippen LogP) is 4.25. The van der Waals surface area contributed by atoms with Crippen molar-refractivity contribution in [2.45, 2.75) is 45.7 Å². The zero-order valence-corrected chi connectivity index (χ0v) is 28.0. The van der Waals surface area contributed by atoms with Crippen molar-refractivity contribution in [3.05, 3.63) is 135 Å². The van der Waals surface area contributed by atoms with Gasteiger partial charge in [-0.05, 0) is 60.5 Å². The molecular formula is C37H42FN9O3. The third-order valence-corrected chi connectivity index (χ3v) is 8.45. The first-order valence-corrected chi connectivity index (χ1v) is 16.6. The number of nitrogens with two attached hydrogens (primary N) is 1. The highest BCUT2D eigenvalue weighted by molar-refractivity contribution is 5.75. The first-order chi connectivity index (χ1) is 24.2. The molecule has 3 heterocycles. The van der Waals surface area contributed by atoms with E-state index in [0.717, 1.165) is 33.9 Å². The van der Waals surface area contributed by atoms with E-state index in [1.807, 2.05) is 58.3 Å². The summed E-state index contributed by atoms with van der Waals surface area (Å²) in [6.07, 6.45) is 0.699. The topological polar surface area (TPSA) is 149 Å². The summed E-state index contributed by atoms with van der Waals surface area (Å²) in [5.41, 5.74) is 10.6. The van der Waals surface area contributed by atoms with E-state index in [0.29, 0.717) is 71.9 Å². The number of fused-ring (bicyclic) bond motifs is 4. The number of rotatable bonds is 8. The fourth-order valence-electron chi connectivity index (χ4n) is 6.23. The number of carbonyl (C=O) groups excluding carboxylic acids is 1. The molecular weight excluding hydrogens is 637 g/mol. The summed E-state index contributed by atoms with van der Waals surface area (Å²) >= 11 is 0. The van der Waals surface area contributed by atoms with Crippen LogP contribution in [0.3, 0.4) is 0 Å². The highest BCUT2D eigenvalue weighted by atomic mass is 19.1. The molecule has 0 radical (unpaired) electrons. The Morgan fingerprint density at radius 1 is 0.760 bits per heavy atom. The molecule has 260 valence electrons. The van der Waals surface area contributed by atoms with Gasteiger partial charge in [-0.25, -0.2) is 4.39 Å². The number of pyridine rings is 2. The molecule has 4 bridgehead atoms. The third kappa shape index (κ3) is 11.5. The van der Waals surface area contributed by atoms with Crippen molar-refractivity contribution in [1.82, 2.24) is 29.6 Å². The Morgan fingerprint density at radius 2 is 1.28 bits per heavy atom. The zero-order valence-electron chi connectivity index (χ0n) is 28.0. The molecule has 2 aromatic heterocycles. The molecule has 0 saturated carbocycles. The van der Waals surface area contributed by atoms with E-state index >= 15 is 0 Å². The van der Waals surface area contributed by atoms with Crippen molar-refractivity contribution in [3.8, 4) is 6.07 Å². The Bertz CT molecular complexity index is 1800. The SMILES string of the molecule is N#CCN1CCCN(CC(N)=O)CCN(Cc2cccc([N+](=O)[O-])c2)Cc2cccc(n2)CN(Cc2cccc(F)c2)Cc2cccc(n2)C1. The molecule has 1 aliphatic heterocycles. The summed E-state index contributed by atoms with van der Waals surface area (Å²) in [5.74, 6) is -0.725. The van der Waals surface area contributed by atoms with Crippen LogP contribution in [-0.4, -0.2) is 79.7 Å². The molecule has 50 heavy (non-hydrogen) atoms. The lowest BCUT2D eigenvalue weighted by atomic mass is 10.1. The number of carbonyl (C=O) groups is 1. The van der Waals surface area contributed by atoms with Crippen LogP contribution in [0.1, 0.15) is 40.3 Å². The number of primary amides is 1. The van der Waals surface area contributed by atoms with Crippen molar-refractivity contribution in [1.29, 1.82) is 5.26 Å². The van der Waals surface area contributed by atoms with Crippen LogP contribution >= 0.6 is 0 Å². The Balaban J connectivity index is 1.47. The molecule has 12 nitrogen and oxygen atoms in total. The molecule has 0 fully saturated rings. The molecule has 0 spiro atoms. The van der Waals surface area contributed by atoms with Gasteiger partial charge in [-0.2, -0.15) is 5.26 Å². The maximum Gasteiger partial charge on any atom is 0.269 e. The van der Waals surface area contributed by atoms with E-state index in [9.17, 15) is 24.6 Å². The molecule has 0 atom stereocenters. The number of amides is 1. The molecule has 0 unspecified atom stereocenters. The van der Waals surface area contributed by atoms with E-state index in [1.54, 1.807) is 18.2 Å². The normalized spacial score (nSPS) is 16.1. The smallest absolute Gasteiger partial charge is 0.269 e. The summed E-state index contributed by atoms with van der Waals surface area (Å²) < 4.78 is 14.2. The van der Waals surface area contributed by atoms with Gasteiger partial charge < -0.3 is 5.73 Å². The van der Waals surface area contributed by atoms with Gasteiger partial charge in [0.15, 0.2) is 0 Å². The average Bonchev–Trinajstić information content (AvgIpc) is 3.07. The second-order valence-electron chi connectivity index (χ2n) is 12.6. The monoisotopic (exact) mass is 679 g/mol. The number of halogens is 1. The van der Waals surface area contributed by atoms with Gasteiger partial charge in [0, 0.05) is 71.0 Å². The number of benzene rings is 2. The molecule has 5 rings (SSSR count). The standard InChI is InChI=1S/C37H42FN9O3/c38-31-8-1-6-29(20-31)23-46-26-34-11-3-9-32(41-34)24-43(17-14-39)15-5-16-44(28-37(40)48)18-19-45(25-33-10-4-12-35(27-46)42-33)22-30-7-2-13-36(21-30)47(49)50/h1-4,6-13,20-21H,5,15-19,22-28H2,(H2,40,48). The minimum absolute atomic E-state index is 0.0234. The quantitative estimate of drug-likeness (QED) is 0.163. The van der Waals surface area contributed by atoms with E-state index in [2.05, 4.69) is 15.9 Å². The molecule has 2 N–H and O–H groups in total. The summed E-state index contributed by atoms with van der Waals surface area (Å²) in [7, 11) is 0. The van der Waals surface area contributed by atoms with E-state index in [4.69, 9.17) is 15.7 Å². The molecule has 1 aliphatic rings. The minimum Gasteiger partial charge on any atom is -0.369 e. The van der Waals surface area contributed by atoms with Crippen molar-refractivity contribution in [2.24, 2.45) is 5.73 Å². The Labute approximate surface area is 291 Å². The van der Waals surface area contributed by atoms with Crippen LogP contribution in [0.4, 0.5) is 10.1 Å². The zero-order chi connectivity index (χ0) is 35.3. The number of nitrogens with zero attached hydrogens (tertiary/aromatic N) is 8. The predicted molar refractivity (Wildman–Crippen MR) is 186 cm³/mol. The number of nitro benzene ring substituents is 1. The molecule has 2 aromatic carbocycles. The van der Waals surface area contributed by atoms with Gasteiger partial charge in [-0.3, -0.25) is 44.5 Å². The fourth-order valence-corrected chi connectivity index (χ4v) is 6.23. The summed E-state index contributed by atoms with van der Waals surface area (Å²) in [4.78, 5) is 41.5. The van der Waals surface area contributed by atoms with E-state index < -0.39 is 10.8 Å². The molecule has 0 saturated heterocycles. The van der Waals surface area contributed by atoms with Crippen LogP contribution in [0.2, 0.25) is 0 Å². The Morgan fingerprint density at radius 3 is 1.88 bits per heavy atom. The Hall–Kier alpha value is -5.13. The first kappa shape index (κ1) is 36.2. The number of hydrogen-bond donors (Lipinski definition) is 1. The fraction of sp³-hybridized carbons (Fsp3) is 0.351. The third-order valence-electron chi connectivity index (χ3n) is 8.45. The lowest BCUT2D eigenvalue weighted by Gasteiger charge is -2.28. The lowest BCUT2D eigenvalue weighted by Crippen LogP contribution is -2.41. The second-order valence-corrected chi connectivity index (χ2v) is 12.6. The molecule has 4 aromatic rings. The minimum atomic E-state index is -0.430. The summed E-state index contributed by atoms with van der Waals surface area (Å²) in [5, 5.41) is 21.1. The maximum absolute atomic E-state index is 14.2. The van der Waals surface area contributed by atoms with Gasteiger partial charge in [0.25, 0.3) is 5.69 Å². The summed E-state index contributed by atoms with van der Waals surface area (Å²) in [6, 6.07) is 27.2. The van der Waals surface area contributed by atoms with Crippen LogP contribution in [0.5, 0.6) is 0 Å². The molecule has 13 heteroatoms.